The van der Waals surface area contributed by atoms with E-state index in [0.717, 1.165) is 5.56 Å². The van der Waals surface area contributed by atoms with Gasteiger partial charge in [-0.2, -0.15) is 0 Å². The smallest absolute Gasteiger partial charge is 0.338 e. The van der Waals surface area contributed by atoms with Gasteiger partial charge in [0.2, 0.25) is 0 Å². The van der Waals surface area contributed by atoms with Gasteiger partial charge in [-0.15, -0.1) is 0 Å². The number of hydrogen-bond acceptors (Lipinski definition) is 5. The first-order valence-corrected chi connectivity index (χ1v) is 10.1. The zero-order valence-electron chi connectivity index (χ0n) is 17.7. The van der Waals surface area contributed by atoms with E-state index in [2.05, 4.69) is 13.0 Å². The summed E-state index contributed by atoms with van der Waals surface area (Å²) in [6, 6.07) is 15.5. The van der Waals surface area contributed by atoms with Gasteiger partial charge in [0.25, 0.3) is 5.69 Å². The van der Waals surface area contributed by atoms with Gasteiger partial charge in [0.15, 0.2) is 0 Å². The van der Waals surface area contributed by atoms with E-state index in [9.17, 15) is 14.9 Å². The summed E-state index contributed by atoms with van der Waals surface area (Å²) >= 11 is 0. The molecule has 0 fully saturated rings. The van der Waals surface area contributed by atoms with E-state index in [1.54, 1.807) is 0 Å². The molecule has 2 atom stereocenters. The Hall–Kier alpha value is -2.99. The Labute approximate surface area is 177 Å². The van der Waals surface area contributed by atoms with Crippen LogP contribution in [-0.4, -0.2) is 23.6 Å². The van der Waals surface area contributed by atoms with E-state index < -0.39 is 10.9 Å². The normalized spacial score (nSPS) is 13.3. The third kappa shape index (κ3) is 7.79. The van der Waals surface area contributed by atoms with Gasteiger partial charge in [-0.05, 0) is 29.5 Å². The maximum absolute atomic E-state index is 12.4. The van der Waals surface area contributed by atoms with Crippen molar-refractivity contribution in [1.29, 1.82) is 0 Å². The lowest BCUT2D eigenvalue weighted by Crippen LogP contribution is -2.23. The number of non-ortho nitro benzene ring substituents is 1. The van der Waals surface area contributed by atoms with Gasteiger partial charge in [0, 0.05) is 18.6 Å². The molecule has 0 saturated heterocycles. The summed E-state index contributed by atoms with van der Waals surface area (Å²) < 4.78 is 11.4. The first-order chi connectivity index (χ1) is 14.4. The van der Waals surface area contributed by atoms with Crippen molar-refractivity contribution in [3.8, 4) is 0 Å². The number of carbonyl (C=O) groups excluding carboxylic acids is 1. The van der Waals surface area contributed by atoms with Crippen LogP contribution >= 0.6 is 0 Å². The molecule has 0 heterocycles. The Balaban J connectivity index is 1.81. The van der Waals surface area contributed by atoms with Gasteiger partial charge in [-0.1, -0.05) is 63.3 Å². The number of nitro groups is 1. The van der Waals surface area contributed by atoms with Crippen molar-refractivity contribution < 1.29 is 19.2 Å². The van der Waals surface area contributed by atoms with Crippen LogP contribution in [0.15, 0.2) is 66.7 Å². The maximum atomic E-state index is 12.4. The molecule has 6 heteroatoms. The van der Waals surface area contributed by atoms with Crippen molar-refractivity contribution in [3.63, 3.8) is 0 Å². The zero-order chi connectivity index (χ0) is 21.9. The molecule has 0 amide bonds. The zero-order valence-corrected chi connectivity index (χ0v) is 17.7. The van der Waals surface area contributed by atoms with Crippen molar-refractivity contribution in [2.24, 2.45) is 11.8 Å². The van der Waals surface area contributed by atoms with Crippen LogP contribution in [0.25, 0.3) is 0 Å². The Kier molecular flexibility index (Phi) is 9.22. The van der Waals surface area contributed by atoms with Gasteiger partial charge < -0.3 is 9.47 Å². The summed E-state index contributed by atoms with van der Waals surface area (Å²) in [7, 11) is 0. The van der Waals surface area contributed by atoms with E-state index in [1.807, 2.05) is 50.3 Å². The standard InChI is InChI=1S/C24H29NO5/c1-18(2)23(30-24(26)21-12-14-22(15-13-21)25(27)28)11-7-8-19(3)16-29-17-20-9-5-4-6-10-20/h4-10,12-15,18-19,23H,11,16-17H2,1-3H3/b8-7-/t19-,23-/m1/s1. The number of nitro benzene ring substituents is 1. The SMILES string of the molecule is CC(C)[C@@H](C/C=C\[C@@H](C)COCc1ccccc1)OC(=O)c1ccc([N+](=O)[O-])cc1. The highest BCUT2D eigenvalue weighted by Gasteiger charge is 2.19. The summed E-state index contributed by atoms with van der Waals surface area (Å²) in [6.07, 6.45) is 4.41. The molecule has 0 aliphatic carbocycles. The van der Waals surface area contributed by atoms with E-state index in [-0.39, 0.29) is 23.6 Å². The van der Waals surface area contributed by atoms with Crippen molar-refractivity contribution >= 4 is 11.7 Å². The first-order valence-electron chi connectivity index (χ1n) is 10.1. The first kappa shape index (κ1) is 23.3. The fraction of sp³-hybridized carbons (Fsp3) is 0.375. The van der Waals surface area contributed by atoms with Crippen molar-refractivity contribution in [2.45, 2.75) is 39.9 Å². The lowest BCUT2D eigenvalue weighted by Gasteiger charge is -2.20. The van der Waals surface area contributed by atoms with E-state index in [4.69, 9.17) is 9.47 Å². The van der Waals surface area contributed by atoms with Crippen LogP contribution in [-0.2, 0) is 16.1 Å². The Morgan fingerprint density at radius 2 is 1.73 bits per heavy atom. The highest BCUT2D eigenvalue weighted by atomic mass is 16.6. The Morgan fingerprint density at radius 1 is 1.07 bits per heavy atom. The Bertz CT molecular complexity index is 830. The van der Waals surface area contributed by atoms with Gasteiger partial charge in [-0.25, -0.2) is 4.79 Å². The molecule has 0 unspecified atom stereocenters. The maximum Gasteiger partial charge on any atom is 0.338 e. The second-order valence-electron chi connectivity index (χ2n) is 7.63. The second kappa shape index (κ2) is 11.9. The third-order valence-corrected chi connectivity index (χ3v) is 4.64. The van der Waals surface area contributed by atoms with Crippen LogP contribution in [0.4, 0.5) is 5.69 Å². The lowest BCUT2D eigenvalue weighted by molar-refractivity contribution is -0.384. The summed E-state index contributed by atoms with van der Waals surface area (Å²) in [5.41, 5.74) is 1.39. The molecule has 30 heavy (non-hydrogen) atoms. The minimum absolute atomic E-state index is 0.0571. The van der Waals surface area contributed by atoms with Crippen molar-refractivity contribution in [1.82, 2.24) is 0 Å². The molecule has 0 aliphatic rings. The monoisotopic (exact) mass is 411 g/mol. The minimum Gasteiger partial charge on any atom is -0.458 e. The number of carbonyl (C=O) groups is 1. The number of esters is 1. The van der Waals surface area contributed by atoms with E-state index in [1.165, 1.54) is 24.3 Å². The number of rotatable bonds is 11. The largest absolute Gasteiger partial charge is 0.458 e. The molecule has 2 aromatic carbocycles. The van der Waals surface area contributed by atoms with Gasteiger partial charge in [-0.3, -0.25) is 10.1 Å². The molecule has 160 valence electrons. The lowest BCUT2D eigenvalue weighted by atomic mass is 10.0. The molecule has 0 aromatic heterocycles. The molecule has 0 bridgehead atoms. The summed E-state index contributed by atoms with van der Waals surface area (Å²) in [6.45, 7) is 7.26. The second-order valence-corrected chi connectivity index (χ2v) is 7.63. The van der Waals surface area contributed by atoms with Crippen LogP contribution in [0.5, 0.6) is 0 Å². The van der Waals surface area contributed by atoms with E-state index >= 15 is 0 Å². The molecular formula is C24H29NO5. The summed E-state index contributed by atoms with van der Waals surface area (Å²) in [5, 5.41) is 10.7. The van der Waals surface area contributed by atoms with Crippen LogP contribution in [0.1, 0.15) is 43.1 Å². The van der Waals surface area contributed by atoms with Crippen molar-refractivity contribution in [3.05, 3.63) is 88.0 Å². The fourth-order valence-corrected chi connectivity index (χ4v) is 2.82. The third-order valence-electron chi connectivity index (χ3n) is 4.64. The summed E-state index contributed by atoms with van der Waals surface area (Å²) in [4.78, 5) is 22.6. The number of ether oxygens (including phenoxy) is 2. The quantitative estimate of drug-likeness (QED) is 0.209. The van der Waals surface area contributed by atoms with Crippen LogP contribution < -0.4 is 0 Å². The molecule has 0 saturated carbocycles. The predicted molar refractivity (Wildman–Crippen MR) is 116 cm³/mol. The van der Waals surface area contributed by atoms with Gasteiger partial charge in [0.05, 0.1) is 23.7 Å². The van der Waals surface area contributed by atoms with Crippen molar-refractivity contribution in [2.75, 3.05) is 6.61 Å². The number of hydrogen-bond donors (Lipinski definition) is 0. The highest BCUT2D eigenvalue weighted by Crippen LogP contribution is 2.17. The minimum atomic E-state index is -0.498. The fourth-order valence-electron chi connectivity index (χ4n) is 2.82. The molecule has 0 N–H and O–H groups in total. The van der Waals surface area contributed by atoms with Crippen LogP contribution in [0.2, 0.25) is 0 Å². The molecule has 2 rings (SSSR count). The molecule has 6 nitrogen and oxygen atoms in total. The number of nitrogens with zero attached hydrogens (tertiary/aromatic N) is 1. The highest BCUT2D eigenvalue weighted by molar-refractivity contribution is 5.89. The average Bonchev–Trinajstić information content (AvgIpc) is 2.73. The number of benzene rings is 2. The van der Waals surface area contributed by atoms with Crippen LogP contribution in [0, 0.1) is 22.0 Å². The predicted octanol–water partition coefficient (Wildman–Crippen LogP) is 5.58. The molecule has 0 spiro atoms. The molecule has 0 radical (unpaired) electrons. The summed E-state index contributed by atoms with van der Waals surface area (Å²) in [5.74, 6) is -0.0931. The van der Waals surface area contributed by atoms with Crippen LogP contribution in [0.3, 0.4) is 0 Å². The van der Waals surface area contributed by atoms with Gasteiger partial charge >= 0.3 is 5.97 Å². The molecule has 0 aliphatic heterocycles. The molecule has 2 aromatic rings. The van der Waals surface area contributed by atoms with Gasteiger partial charge in [0.1, 0.15) is 6.10 Å². The topological polar surface area (TPSA) is 78.7 Å². The van der Waals surface area contributed by atoms with E-state index in [0.29, 0.717) is 25.2 Å². The Morgan fingerprint density at radius 3 is 2.33 bits per heavy atom. The average molecular weight is 411 g/mol. The molecular weight excluding hydrogens is 382 g/mol.